The van der Waals surface area contributed by atoms with Gasteiger partial charge in [0.25, 0.3) is 5.91 Å². The molecule has 0 radical (unpaired) electrons. The summed E-state index contributed by atoms with van der Waals surface area (Å²) in [5.41, 5.74) is 7.17. The number of carbonyl (C=O) groups is 1. The first-order valence-electron chi connectivity index (χ1n) is 13.6. The van der Waals surface area contributed by atoms with Gasteiger partial charge in [0.2, 0.25) is 0 Å². The van der Waals surface area contributed by atoms with E-state index in [-0.39, 0.29) is 17.6 Å². The summed E-state index contributed by atoms with van der Waals surface area (Å²) in [6.07, 6.45) is 5.98. The molecule has 1 saturated heterocycles. The summed E-state index contributed by atoms with van der Waals surface area (Å²) in [6.45, 7) is 14.9. The van der Waals surface area contributed by atoms with Gasteiger partial charge in [-0.1, -0.05) is 69.0 Å². The molecule has 38 heavy (non-hydrogen) atoms. The SMILES string of the molecule is C=C(C1CCN(C(=O)c2ccc(C)c(/C=C\C(C)C)c2)CC1)N(Cc1cccc(F)c1)c1ccccc1C. The van der Waals surface area contributed by atoms with Gasteiger partial charge in [0.15, 0.2) is 0 Å². The zero-order chi connectivity index (χ0) is 27.2. The van der Waals surface area contributed by atoms with Crippen LogP contribution in [0.2, 0.25) is 0 Å². The number of hydrogen-bond donors (Lipinski definition) is 0. The number of carbonyl (C=O) groups excluding carboxylic acids is 1. The van der Waals surface area contributed by atoms with Crippen molar-refractivity contribution < 1.29 is 9.18 Å². The topological polar surface area (TPSA) is 23.6 Å². The number of likely N-dealkylation sites (tertiary alicyclic amines) is 1. The molecule has 0 aromatic heterocycles. The zero-order valence-corrected chi connectivity index (χ0v) is 23.1. The van der Waals surface area contributed by atoms with E-state index in [2.05, 4.69) is 63.5 Å². The molecule has 0 unspecified atom stereocenters. The standard InChI is InChI=1S/C34H39FN2O/c1-24(2)13-15-30-22-31(16-14-25(30)3)34(38)36-19-17-29(18-20-36)27(5)37(33-12-7-6-9-26(33)4)23-28-10-8-11-32(35)21-28/h6-16,21-22,24,29H,5,17-20,23H2,1-4H3/b15-13-. The minimum atomic E-state index is -0.233. The highest BCUT2D eigenvalue weighted by atomic mass is 19.1. The molecule has 3 aromatic rings. The molecular weight excluding hydrogens is 471 g/mol. The van der Waals surface area contributed by atoms with Gasteiger partial charge in [0.1, 0.15) is 5.82 Å². The van der Waals surface area contributed by atoms with Crippen molar-refractivity contribution in [1.82, 2.24) is 4.90 Å². The number of piperidine rings is 1. The Morgan fingerprint density at radius 3 is 2.45 bits per heavy atom. The summed E-state index contributed by atoms with van der Waals surface area (Å²) in [5, 5.41) is 0. The van der Waals surface area contributed by atoms with Crippen LogP contribution in [-0.4, -0.2) is 23.9 Å². The van der Waals surface area contributed by atoms with Gasteiger partial charge in [-0.3, -0.25) is 4.79 Å². The van der Waals surface area contributed by atoms with Gasteiger partial charge in [0.05, 0.1) is 0 Å². The van der Waals surface area contributed by atoms with Crippen molar-refractivity contribution >= 4 is 17.7 Å². The third-order valence-electron chi connectivity index (χ3n) is 7.42. The first-order valence-corrected chi connectivity index (χ1v) is 13.6. The molecule has 1 aliphatic rings. The second-order valence-corrected chi connectivity index (χ2v) is 10.7. The third kappa shape index (κ3) is 6.61. The Balaban J connectivity index is 1.48. The van der Waals surface area contributed by atoms with E-state index in [1.54, 1.807) is 12.1 Å². The fourth-order valence-corrected chi connectivity index (χ4v) is 5.09. The van der Waals surface area contributed by atoms with Gasteiger partial charge in [-0.15, -0.1) is 0 Å². The molecule has 1 amide bonds. The highest BCUT2D eigenvalue weighted by molar-refractivity contribution is 5.95. The van der Waals surface area contributed by atoms with E-state index in [4.69, 9.17) is 0 Å². The summed E-state index contributed by atoms with van der Waals surface area (Å²) in [7, 11) is 0. The zero-order valence-electron chi connectivity index (χ0n) is 23.1. The predicted molar refractivity (Wildman–Crippen MR) is 157 cm³/mol. The van der Waals surface area contributed by atoms with Crippen molar-refractivity contribution in [2.45, 2.75) is 47.1 Å². The lowest BCUT2D eigenvalue weighted by Gasteiger charge is -2.38. The summed E-state index contributed by atoms with van der Waals surface area (Å²) < 4.78 is 14.0. The van der Waals surface area contributed by atoms with E-state index in [1.807, 2.05) is 41.3 Å². The highest BCUT2D eigenvalue weighted by Crippen LogP contribution is 2.33. The number of rotatable bonds is 8. The Labute approximate surface area is 227 Å². The Morgan fingerprint density at radius 1 is 1.03 bits per heavy atom. The number of hydrogen-bond acceptors (Lipinski definition) is 2. The Kier molecular flexibility index (Phi) is 8.83. The van der Waals surface area contributed by atoms with Crippen molar-refractivity contribution in [2.24, 2.45) is 11.8 Å². The Bertz CT molecular complexity index is 1320. The van der Waals surface area contributed by atoms with Crippen molar-refractivity contribution in [3.63, 3.8) is 0 Å². The largest absolute Gasteiger partial charge is 0.341 e. The lowest BCUT2D eigenvalue weighted by molar-refractivity contribution is 0.0701. The molecule has 0 aliphatic carbocycles. The van der Waals surface area contributed by atoms with Crippen molar-refractivity contribution in [1.29, 1.82) is 0 Å². The summed E-state index contributed by atoms with van der Waals surface area (Å²) in [6, 6.07) is 21.0. The maximum absolute atomic E-state index is 14.0. The summed E-state index contributed by atoms with van der Waals surface area (Å²) in [4.78, 5) is 17.6. The monoisotopic (exact) mass is 510 g/mol. The fourth-order valence-electron chi connectivity index (χ4n) is 5.09. The predicted octanol–water partition coefficient (Wildman–Crippen LogP) is 8.18. The van der Waals surface area contributed by atoms with Crippen LogP contribution in [0.5, 0.6) is 0 Å². The van der Waals surface area contributed by atoms with Gasteiger partial charge in [-0.25, -0.2) is 4.39 Å². The van der Waals surface area contributed by atoms with Crippen molar-refractivity contribution in [2.75, 3.05) is 18.0 Å². The van der Waals surface area contributed by atoms with Crippen molar-refractivity contribution in [3.8, 4) is 0 Å². The van der Waals surface area contributed by atoms with Crippen LogP contribution in [-0.2, 0) is 6.54 Å². The lowest BCUT2D eigenvalue weighted by Crippen LogP contribution is -2.40. The number of benzene rings is 3. The van der Waals surface area contributed by atoms with Gasteiger partial charge in [-0.2, -0.15) is 0 Å². The molecule has 1 fully saturated rings. The Morgan fingerprint density at radius 2 is 1.76 bits per heavy atom. The van der Waals surface area contributed by atoms with Crippen LogP contribution in [0.4, 0.5) is 10.1 Å². The van der Waals surface area contributed by atoms with Gasteiger partial charge in [0, 0.05) is 42.5 Å². The van der Waals surface area contributed by atoms with Gasteiger partial charge in [-0.05, 0) is 85.2 Å². The minimum Gasteiger partial charge on any atom is -0.341 e. The molecule has 0 spiro atoms. The van der Waals surface area contributed by atoms with E-state index < -0.39 is 0 Å². The highest BCUT2D eigenvalue weighted by Gasteiger charge is 2.28. The van der Waals surface area contributed by atoms with Gasteiger partial charge >= 0.3 is 0 Å². The molecule has 3 nitrogen and oxygen atoms in total. The molecule has 198 valence electrons. The average Bonchev–Trinajstić information content (AvgIpc) is 2.91. The van der Waals surface area contributed by atoms with Crippen molar-refractivity contribution in [3.05, 3.63) is 119 Å². The van der Waals surface area contributed by atoms with Crippen LogP contribution in [0.15, 0.2) is 85.1 Å². The smallest absolute Gasteiger partial charge is 0.253 e. The molecule has 1 aliphatic heterocycles. The minimum absolute atomic E-state index is 0.0868. The molecule has 0 N–H and O–H groups in total. The van der Waals surface area contributed by atoms with E-state index >= 15 is 0 Å². The first kappa shape index (κ1) is 27.4. The number of aryl methyl sites for hydroxylation is 2. The lowest BCUT2D eigenvalue weighted by atomic mass is 9.91. The van der Waals surface area contributed by atoms with Crippen LogP contribution in [0.3, 0.4) is 0 Å². The fraction of sp³-hybridized carbons (Fsp3) is 0.324. The summed E-state index contributed by atoms with van der Waals surface area (Å²) >= 11 is 0. The molecule has 4 heteroatoms. The van der Waals surface area contributed by atoms with E-state index in [1.165, 1.54) is 11.6 Å². The molecule has 0 atom stereocenters. The number of halogens is 1. The number of para-hydroxylation sites is 1. The van der Waals surface area contributed by atoms with E-state index in [0.29, 0.717) is 25.6 Å². The van der Waals surface area contributed by atoms with Crippen LogP contribution in [0.1, 0.15) is 59.3 Å². The molecule has 0 bridgehead atoms. The van der Waals surface area contributed by atoms with Crippen LogP contribution >= 0.6 is 0 Å². The van der Waals surface area contributed by atoms with Crippen LogP contribution in [0, 0.1) is 31.5 Å². The Hall–Kier alpha value is -3.66. The first-order chi connectivity index (χ1) is 18.2. The normalized spacial score (nSPS) is 14.3. The quantitative estimate of drug-likeness (QED) is 0.305. The molecule has 4 rings (SSSR count). The third-order valence-corrected chi connectivity index (χ3v) is 7.42. The molecular formula is C34H39FN2O. The summed E-state index contributed by atoms with van der Waals surface area (Å²) in [5.74, 6) is 0.559. The van der Waals surface area contributed by atoms with Crippen LogP contribution < -0.4 is 4.90 Å². The molecule has 0 saturated carbocycles. The number of anilines is 1. The molecule has 1 heterocycles. The van der Waals surface area contributed by atoms with E-state index in [9.17, 15) is 9.18 Å². The van der Waals surface area contributed by atoms with Gasteiger partial charge < -0.3 is 9.80 Å². The number of amides is 1. The second-order valence-electron chi connectivity index (χ2n) is 10.7. The van der Waals surface area contributed by atoms with E-state index in [0.717, 1.165) is 46.5 Å². The van der Waals surface area contributed by atoms with Crippen LogP contribution in [0.25, 0.3) is 6.08 Å². The number of allylic oxidation sites excluding steroid dienone is 2. The second kappa shape index (κ2) is 12.3. The molecule has 3 aromatic carbocycles. The maximum atomic E-state index is 14.0. The number of nitrogens with zero attached hydrogens (tertiary/aromatic N) is 2. The average molecular weight is 511 g/mol. The maximum Gasteiger partial charge on any atom is 0.253 e.